The number of aromatic amines is 1. The zero-order valence-corrected chi connectivity index (χ0v) is 12.7. The lowest BCUT2D eigenvalue weighted by Gasteiger charge is -2.24. The molecule has 0 aliphatic carbocycles. The van der Waals surface area contributed by atoms with Crippen LogP contribution < -0.4 is 10.5 Å². The SMILES string of the molecule is CCc1ccc(C2C(C#N)=C(N)Oc3n[nH]c(CC)c32)cc1. The monoisotopic (exact) mass is 294 g/mol. The first-order valence-electron chi connectivity index (χ1n) is 7.43. The van der Waals surface area contributed by atoms with Gasteiger partial charge < -0.3 is 10.5 Å². The Labute approximate surface area is 129 Å². The summed E-state index contributed by atoms with van der Waals surface area (Å²) in [5.41, 5.74) is 10.5. The van der Waals surface area contributed by atoms with Gasteiger partial charge >= 0.3 is 0 Å². The topological polar surface area (TPSA) is 87.7 Å². The molecule has 1 unspecified atom stereocenters. The third-order valence-corrected chi connectivity index (χ3v) is 4.09. The van der Waals surface area contributed by atoms with Gasteiger partial charge in [0.15, 0.2) is 0 Å². The number of nitrogens with one attached hydrogen (secondary N) is 1. The average Bonchev–Trinajstić information content (AvgIpc) is 2.96. The number of nitrogens with zero attached hydrogens (tertiary/aromatic N) is 2. The molecule has 0 spiro atoms. The largest absolute Gasteiger partial charge is 0.420 e. The summed E-state index contributed by atoms with van der Waals surface area (Å²) in [6, 6.07) is 10.5. The van der Waals surface area contributed by atoms with Crippen molar-refractivity contribution in [2.45, 2.75) is 32.6 Å². The number of aryl methyl sites for hydroxylation is 2. The number of hydrogen-bond donors (Lipinski definition) is 2. The Morgan fingerprint density at radius 2 is 2.00 bits per heavy atom. The Hall–Kier alpha value is -2.74. The van der Waals surface area contributed by atoms with Crippen LogP contribution in [0.1, 0.15) is 42.1 Å². The van der Waals surface area contributed by atoms with Gasteiger partial charge in [0.2, 0.25) is 11.8 Å². The molecule has 1 aliphatic rings. The molecule has 3 N–H and O–H groups in total. The average molecular weight is 294 g/mol. The fourth-order valence-corrected chi connectivity index (χ4v) is 2.86. The molecule has 5 heteroatoms. The fourth-order valence-electron chi connectivity index (χ4n) is 2.86. The van der Waals surface area contributed by atoms with Gasteiger partial charge in [0.1, 0.15) is 11.6 Å². The molecule has 1 aromatic carbocycles. The van der Waals surface area contributed by atoms with E-state index in [1.54, 1.807) is 0 Å². The number of nitriles is 1. The van der Waals surface area contributed by atoms with Crippen molar-refractivity contribution in [2.24, 2.45) is 5.73 Å². The first-order chi connectivity index (χ1) is 10.7. The number of hydrogen-bond acceptors (Lipinski definition) is 4. The number of nitrogens with two attached hydrogens (primary N) is 1. The van der Waals surface area contributed by atoms with E-state index in [1.807, 2.05) is 6.92 Å². The zero-order valence-electron chi connectivity index (χ0n) is 12.7. The van der Waals surface area contributed by atoms with E-state index in [2.05, 4.69) is 47.5 Å². The van der Waals surface area contributed by atoms with Crippen LogP contribution in [0.2, 0.25) is 0 Å². The molecule has 0 saturated heterocycles. The molecule has 0 amide bonds. The van der Waals surface area contributed by atoms with Crippen LogP contribution in [0.5, 0.6) is 5.88 Å². The molecule has 2 heterocycles. The maximum absolute atomic E-state index is 9.52. The summed E-state index contributed by atoms with van der Waals surface area (Å²) in [5, 5.41) is 16.7. The van der Waals surface area contributed by atoms with Crippen molar-refractivity contribution in [3.8, 4) is 11.9 Å². The van der Waals surface area contributed by atoms with Gasteiger partial charge in [-0.05, 0) is 24.0 Å². The molecule has 5 nitrogen and oxygen atoms in total. The van der Waals surface area contributed by atoms with Crippen molar-refractivity contribution >= 4 is 0 Å². The van der Waals surface area contributed by atoms with Crippen molar-refractivity contribution < 1.29 is 4.74 Å². The van der Waals surface area contributed by atoms with Crippen LogP contribution in [0.3, 0.4) is 0 Å². The van der Waals surface area contributed by atoms with Gasteiger partial charge in [-0.25, -0.2) is 0 Å². The second-order valence-corrected chi connectivity index (χ2v) is 5.29. The third-order valence-electron chi connectivity index (χ3n) is 4.09. The van der Waals surface area contributed by atoms with Gasteiger partial charge in [0, 0.05) is 11.3 Å². The number of rotatable bonds is 3. The lowest BCUT2D eigenvalue weighted by molar-refractivity contribution is 0.378. The maximum atomic E-state index is 9.52. The quantitative estimate of drug-likeness (QED) is 0.911. The summed E-state index contributed by atoms with van der Waals surface area (Å²) in [6.45, 7) is 4.16. The van der Waals surface area contributed by atoms with Crippen molar-refractivity contribution in [1.29, 1.82) is 5.26 Å². The van der Waals surface area contributed by atoms with Crippen molar-refractivity contribution in [2.75, 3.05) is 0 Å². The molecular weight excluding hydrogens is 276 g/mol. The highest BCUT2D eigenvalue weighted by Gasteiger charge is 2.34. The summed E-state index contributed by atoms with van der Waals surface area (Å²) in [5.74, 6) is 0.375. The van der Waals surface area contributed by atoms with Crippen LogP contribution >= 0.6 is 0 Å². The summed E-state index contributed by atoms with van der Waals surface area (Å²) >= 11 is 0. The summed E-state index contributed by atoms with van der Waals surface area (Å²) < 4.78 is 5.51. The minimum atomic E-state index is -0.228. The molecule has 112 valence electrons. The van der Waals surface area contributed by atoms with Crippen LogP contribution in [0.15, 0.2) is 35.7 Å². The third kappa shape index (κ3) is 2.13. The predicted molar refractivity (Wildman–Crippen MR) is 83.1 cm³/mol. The van der Waals surface area contributed by atoms with Crippen LogP contribution in [-0.4, -0.2) is 10.2 Å². The molecule has 0 radical (unpaired) electrons. The molecule has 1 aliphatic heterocycles. The highest BCUT2D eigenvalue weighted by Crippen LogP contribution is 2.42. The Morgan fingerprint density at radius 3 is 2.59 bits per heavy atom. The molecule has 1 aromatic heterocycles. The Kier molecular flexibility index (Phi) is 3.60. The van der Waals surface area contributed by atoms with E-state index in [1.165, 1.54) is 5.56 Å². The Bertz CT molecular complexity index is 765. The maximum Gasteiger partial charge on any atom is 0.244 e. The number of aromatic nitrogens is 2. The minimum absolute atomic E-state index is 0.133. The zero-order chi connectivity index (χ0) is 15.7. The van der Waals surface area contributed by atoms with Crippen molar-refractivity contribution in [1.82, 2.24) is 10.2 Å². The van der Waals surface area contributed by atoms with E-state index in [0.29, 0.717) is 11.5 Å². The Balaban J connectivity index is 2.17. The van der Waals surface area contributed by atoms with E-state index in [4.69, 9.17) is 10.5 Å². The summed E-state index contributed by atoms with van der Waals surface area (Å²) in [6.07, 6.45) is 1.77. The van der Waals surface area contributed by atoms with Gasteiger partial charge in [-0.1, -0.05) is 38.1 Å². The number of benzene rings is 1. The standard InChI is InChI=1S/C17H18N4O/c1-3-10-5-7-11(8-6-10)14-12(9-18)16(19)22-17-15(14)13(4-2)20-21-17/h5-8,14H,3-4,19H2,1-2H3,(H,20,21). The smallest absolute Gasteiger partial charge is 0.244 e. The summed E-state index contributed by atoms with van der Waals surface area (Å²) in [7, 11) is 0. The van der Waals surface area contributed by atoms with Crippen LogP contribution in [0.4, 0.5) is 0 Å². The minimum Gasteiger partial charge on any atom is -0.420 e. The van der Waals surface area contributed by atoms with Gasteiger partial charge in [-0.3, -0.25) is 5.10 Å². The van der Waals surface area contributed by atoms with Crippen LogP contribution in [0, 0.1) is 11.3 Å². The van der Waals surface area contributed by atoms with Gasteiger partial charge in [0.05, 0.1) is 5.92 Å². The second-order valence-electron chi connectivity index (χ2n) is 5.29. The fraction of sp³-hybridized carbons (Fsp3) is 0.294. The molecular formula is C17H18N4O. The Morgan fingerprint density at radius 1 is 1.27 bits per heavy atom. The molecule has 0 bridgehead atoms. The predicted octanol–water partition coefficient (Wildman–Crippen LogP) is 2.75. The first-order valence-corrected chi connectivity index (χ1v) is 7.43. The van der Waals surface area contributed by atoms with Gasteiger partial charge in [0.25, 0.3) is 0 Å². The van der Waals surface area contributed by atoms with E-state index >= 15 is 0 Å². The van der Waals surface area contributed by atoms with E-state index in [0.717, 1.165) is 29.7 Å². The number of fused-ring (bicyclic) bond motifs is 1. The molecule has 3 rings (SSSR count). The molecule has 22 heavy (non-hydrogen) atoms. The number of H-pyrrole nitrogens is 1. The van der Waals surface area contributed by atoms with Crippen molar-refractivity contribution in [3.63, 3.8) is 0 Å². The number of allylic oxidation sites excluding steroid dienone is 1. The highest BCUT2D eigenvalue weighted by molar-refractivity contribution is 5.55. The molecule has 1 atom stereocenters. The summed E-state index contributed by atoms with van der Waals surface area (Å²) in [4.78, 5) is 0. The van der Waals surface area contributed by atoms with E-state index in [-0.39, 0.29) is 11.8 Å². The normalized spacial score (nSPS) is 16.9. The van der Waals surface area contributed by atoms with E-state index < -0.39 is 0 Å². The van der Waals surface area contributed by atoms with Crippen LogP contribution in [0.25, 0.3) is 0 Å². The first kappa shape index (κ1) is 14.2. The van der Waals surface area contributed by atoms with E-state index in [9.17, 15) is 5.26 Å². The van der Waals surface area contributed by atoms with Crippen LogP contribution in [-0.2, 0) is 12.8 Å². The van der Waals surface area contributed by atoms with Crippen molar-refractivity contribution in [3.05, 3.63) is 58.1 Å². The van der Waals surface area contributed by atoms with Gasteiger partial charge in [-0.2, -0.15) is 5.26 Å². The lowest BCUT2D eigenvalue weighted by Crippen LogP contribution is -2.21. The molecule has 0 fully saturated rings. The molecule has 0 saturated carbocycles. The number of ether oxygens (including phenoxy) is 1. The lowest BCUT2D eigenvalue weighted by atomic mass is 9.83. The highest BCUT2D eigenvalue weighted by atomic mass is 16.5. The molecule has 2 aromatic rings. The second kappa shape index (κ2) is 5.57. The van der Waals surface area contributed by atoms with Gasteiger partial charge in [-0.15, -0.1) is 5.10 Å².